The summed E-state index contributed by atoms with van der Waals surface area (Å²) in [5, 5.41) is 11.4. The molecule has 2 aliphatic rings. The summed E-state index contributed by atoms with van der Waals surface area (Å²) in [5.41, 5.74) is 4.51. The van der Waals surface area contributed by atoms with Crippen LogP contribution in [0.5, 0.6) is 0 Å². The van der Waals surface area contributed by atoms with Gasteiger partial charge in [0.15, 0.2) is 0 Å². The Morgan fingerprint density at radius 3 is 2.32 bits per heavy atom. The maximum atomic E-state index is 13.2. The largest absolute Gasteiger partial charge is 0.480 e. The Morgan fingerprint density at radius 1 is 1.12 bits per heavy atom. The third-order valence-corrected chi connectivity index (χ3v) is 7.31. The molecule has 9 heteroatoms. The van der Waals surface area contributed by atoms with E-state index in [2.05, 4.69) is 17.4 Å². The number of carbonyl (C=O) groups excluding carboxylic acids is 2. The summed E-state index contributed by atoms with van der Waals surface area (Å²) in [6.45, 7) is 1.01. The summed E-state index contributed by atoms with van der Waals surface area (Å²) >= 11 is 1.33. The van der Waals surface area contributed by atoms with Crippen LogP contribution in [0.1, 0.15) is 17.0 Å². The average Bonchev–Trinajstić information content (AvgIpc) is 3.15. The van der Waals surface area contributed by atoms with E-state index in [0.29, 0.717) is 12.3 Å². The second-order valence-corrected chi connectivity index (χ2v) is 10.1. The number of nitrogens with zero attached hydrogens (tertiary/aromatic N) is 2. The van der Waals surface area contributed by atoms with E-state index in [1.165, 1.54) is 16.7 Å². The topological polar surface area (TPSA) is 99.2 Å². The standard InChI is InChI=1S/C25H29N3O5S/c1-27(2)13-21(23(29)28-11-12-34-22(14-28)24(30)31)26-25(32)33-15-20-18-9-5-3-7-16(18)17-8-4-6-10-19(17)20/h3-10,20-22H,11-15H2,1-2H3,(H,26,32)(H,30,31)/t21-,22?/m0/s1. The molecule has 2 aromatic rings. The van der Waals surface area contributed by atoms with Gasteiger partial charge < -0.3 is 25.0 Å². The Kier molecular flexibility index (Phi) is 7.43. The molecule has 0 saturated carbocycles. The van der Waals surface area contributed by atoms with Gasteiger partial charge in [0.1, 0.15) is 17.9 Å². The van der Waals surface area contributed by atoms with E-state index in [0.717, 1.165) is 22.3 Å². The van der Waals surface area contributed by atoms with Crippen molar-refractivity contribution < 1.29 is 24.2 Å². The van der Waals surface area contributed by atoms with Crippen molar-refractivity contribution in [3.05, 3.63) is 59.7 Å². The number of carboxylic acids is 1. The van der Waals surface area contributed by atoms with E-state index < -0.39 is 23.4 Å². The van der Waals surface area contributed by atoms with Gasteiger partial charge in [-0.1, -0.05) is 48.5 Å². The van der Waals surface area contributed by atoms with E-state index in [9.17, 15) is 19.5 Å². The van der Waals surface area contributed by atoms with Crippen molar-refractivity contribution in [1.29, 1.82) is 0 Å². The Labute approximate surface area is 203 Å². The van der Waals surface area contributed by atoms with E-state index in [4.69, 9.17) is 4.74 Å². The highest BCUT2D eigenvalue weighted by Gasteiger charge is 2.34. The molecule has 0 spiro atoms. The lowest BCUT2D eigenvalue weighted by molar-refractivity contribution is -0.138. The molecule has 1 heterocycles. The van der Waals surface area contributed by atoms with Crippen LogP contribution in [-0.4, -0.2) is 90.3 Å². The van der Waals surface area contributed by atoms with Gasteiger partial charge in [-0.25, -0.2) is 4.79 Å². The van der Waals surface area contributed by atoms with Crippen LogP contribution in [0.4, 0.5) is 4.79 Å². The van der Waals surface area contributed by atoms with Crippen molar-refractivity contribution >= 4 is 29.7 Å². The van der Waals surface area contributed by atoms with Gasteiger partial charge in [0.25, 0.3) is 0 Å². The second-order valence-electron chi connectivity index (χ2n) is 8.77. The van der Waals surface area contributed by atoms with Gasteiger partial charge in [-0.3, -0.25) is 9.59 Å². The van der Waals surface area contributed by atoms with Crippen molar-refractivity contribution in [1.82, 2.24) is 15.1 Å². The number of rotatable bonds is 7. The molecule has 0 radical (unpaired) electrons. The Morgan fingerprint density at radius 2 is 1.74 bits per heavy atom. The molecule has 1 saturated heterocycles. The highest BCUT2D eigenvalue weighted by atomic mass is 32.2. The van der Waals surface area contributed by atoms with Crippen LogP contribution in [-0.2, 0) is 14.3 Å². The van der Waals surface area contributed by atoms with Gasteiger partial charge in [0.2, 0.25) is 5.91 Å². The van der Waals surface area contributed by atoms with Crippen LogP contribution in [0, 0.1) is 0 Å². The number of alkyl carbamates (subject to hydrolysis) is 1. The molecular formula is C25H29N3O5S. The number of carboxylic acid groups (broad SMARTS) is 1. The fourth-order valence-electron chi connectivity index (χ4n) is 4.55. The highest BCUT2D eigenvalue weighted by Crippen LogP contribution is 2.44. The summed E-state index contributed by atoms with van der Waals surface area (Å²) < 4.78 is 5.61. The third kappa shape index (κ3) is 5.20. The molecule has 2 amide bonds. The van der Waals surface area contributed by atoms with Crippen molar-refractivity contribution in [2.45, 2.75) is 17.2 Å². The number of amides is 2. The van der Waals surface area contributed by atoms with Crippen LogP contribution < -0.4 is 5.32 Å². The van der Waals surface area contributed by atoms with E-state index in [-0.39, 0.29) is 31.5 Å². The number of ether oxygens (including phenoxy) is 1. The van der Waals surface area contributed by atoms with E-state index in [1.54, 1.807) is 4.90 Å². The number of benzene rings is 2. The fourth-order valence-corrected chi connectivity index (χ4v) is 5.59. The molecule has 1 aliphatic heterocycles. The van der Waals surface area contributed by atoms with Crippen LogP contribution in [0.2, 0.25) is 0 Å². The predicted octanol–water partition coefficient (Wildman–Crippen LogP) is 2.48. The van der Waals surface area contributed by atoms with Crippen molar-refractivity contribution in [2.24, 2.45) is 0 Å². The number of fused-ring (bicyclic) bond motifs is 3. The van der Waals surface area contributed by atoms with Crippen LogP contribution >= 0.6 is 11.8 Å². The molecule has 0 bridgehead atoms. The monoisotopic (exact) mass is 483 g/mol. The first-order valence-corrected chi connectivity index (χ1v) is 12.3. The van der Waals surface area contributed by atoms with E-state index in [1.807, 2.05) is 50.5 Å². The molecule has 1 aliphatic carbocycles. The Balaban J connectivity index is 1.42. The molecule has 2 aromatic carbocycles. The number of carbonyl (C=O) groups is 3. The van der Waals surface area contributed by atoms with Crippen LogP contribution in [0.15, 0.2) is 48.5 Å². The van der Waals surface area contributed by atoms with Gasteiger partial charge in [0.05, 0.1) is 0 Å². The zero-order valence-electron chi connectivity index (χ0n) is 19.3. The zero-order chi connectivity index (χ0) is 24.2. The minimum atomic E-state index is -0.934. The second kappa shape index (κ2) is 10.5. The first-order chi connectivity index (χ1) is 16.3. The highest BCUT2D eigenvalue weighted by molar-refractivity contribution is 8.00. The lowest BCUT2D eigenvalue weighted by Gasteiger charge is -2.33. The van der Waals surface area contributed by atoms with Crippen LogP contribution in [0.25, 0.3) is 11.1 Å². The smallest absolute Gasteiger partial charge is 0.407 e. The quantitative estimate of drug-likeness (QED) is 0.624. The molecule has 1 unspecified atom stereocenters. The zero-order valence-corrected chi connectivity index (χ0v) is 20.1. The molecule has 2 N–H and O–H groups in total. The summed E-state index contributed by atoms with van der Waals surface area (Å²) in [5.74, 6) is -0.760. The lowest BCUT2D eigenvalue weighted by atomic mass is 9.98. The van der Waals surface area contributed by atoms with Gasteiger partial charge >= 0.3 is 12.1 Å². The summed E-state index contributed by atoms with van der Waals surface area (Å²) in [4.78, 5) is 40.6. The van der Waals surface area contributed by atoms with Gasteiger partial charge in [0, 0.05) is 31.3 Å². The minimum Gasteiger partial charge on any atom is -0.480 e. The Bertz CT molecular complexity index is 1030. The molecular weight excluding hydrogens is 454 g/mol. The van der Waals surface area contributed by atoms with Crippen LogP contribution in [0.3, 0.4) is 0 Å². The van der Waals surface area contributed by atoms with Gasteiger partial charge in [-0.15, -0.1) is 11.8 Å². The van der Waals surface area contributed by atoms with Gasteiger partial charge in [-0.05, 0) is 36.3 Å². The molecule has 180 valence electrons. The number of likely N-dealkylation sites (N-methyl/N-ethyl adjacent to an activating group) is 1. The molecule has 1 fully saturated rings. The first kappa shape index (κ1) is 24.1. The Hall–Kier alpha value is -3.04. The van der Waals surface area contributed by atoms with Crippen molar-refractivity contribution in [3.8, 4) is 11.1 Å². The number of hydrogen-bond acceptors (Lipinski definition) is 6. The van der Waals surface area contributed by atoms with Crippen molar-refractivity contribution in [3.63, 3.8) is 0 Å². The molecule has 4 rings (SSSR count). The van der Waals surface area contributed by atoms with Gasteiger partial charge in [-0.2, -0.15) is 0 Å². The number of aliphatic carboxylic acids is 1. The SMILES string of the molecule is CN(C)C[C@H](NC(=O)OCC1c2ccccc2-c2ccccc21)C(=O)N1CCSC(C(=O)O)C1. The average molecular weight is 484 g/mol. The molecule has 2 atom stereocenters. The number of thioether (sulfide) groups is 1. The number of nitrogens with one attached hydrogen (secondary N) is 1. The molecule has 0 aromatic heterocycles. The lowest BCUT2D eigenvalue weighted by Crippen LogP contribution is -2.56. The molecule has 34 heavy (non-hydrogen) atoms. The molecule has 8 nitrogen and oxygen atoms in total. The minimum absolute atomic E-state index is 0.0726. The third-order valence-electron chi connectivity index (χ3n) is 6.14. The first-order valence-electron chi connectivity index (χ1n) is 11.2. The summed E-state index contributed by atoms with van der Waals surface area (Å²) in [6.07, 6.45) is -0.664. The summed E-state index contributed by atoms with van der Waals surface area (Å²) in [6, 6.07) is 15.4. The fraction of sp³-hybridized carbons (Fsp3) is 0.400. The summed E-state index contributed by atoms with van der Waals surface area (Å²) in [7, 11) is 3.62. The van der Waals surface area contributed by atoms with Crippen molar-refractivity contribution in [2.75, 3.05) is 46.1 Å². The maximum Gasteiger partial charge on any atom is 0.407 e. The number of hydrogen-bond donors (Lipinski definition) is 2. The van der Waals surface area contributed by atoms with E-state index >= 15 is 0 Å². The predicted molar refractivity (Wildman–Crippen MR) is 131 cm³/mol. The maximum absolute atomic E-state index is 13.2. The normalized spacial score (nSPS) is 18.2.